The summed E-state index contributed by atoms with van der Waals surface area (Å²) in [4.78, 5) is 17.7. The molecule has 3 N–H and O–H groups in total. The van der Waals surface area contributed by atoms with Crippen LogP contribution in [0.1, 0.15) is 22.6 Å². The number of alkyl halides is 3. The third-order valence-electron chi connectivity index (χ3n) is 5.42. The number of amides is 1. The van der Waals surface area contributed by atoms with Gasteiger partial charge in [0.05, 0.1) is 22.8 Å². The number of aliphatic hydroxyl groups excluding tert-OH is 1. The Morgan fingerprint density at radius 3 is 2.76 bits per heavy atom. The average molecular weight is 474 g/mol. The van der Waals surface area contributed by atoms with Gasteiger partial charge >= 0.3 is 5.57 Å². The van der Waals surface area contributed by atoms with E-state index in [1.165, 1.54) is 24.3 Å². The highest BCUT2D eigenvalue weighted by molar-refractivity contribution is 6.20. The Labute approximate surface area is 191 Å². The molecular formula is C22H18ClF2N5O3. The van der Waals surface area contributed by atoms with Crippen LogP contribution in [0.4, 0.5) is 14.5 Å². The van der Waals surface area contributed by atoms with Gasteiger partial charge in [0.15, 0.2) is 0 Å². The first-order valence-corrected chi connectivity index (χ1v) is 10.5. The number of ether oxygens (including phenoxy) is 1. The SMILES string of the molecule is O=C(Nc1ccc(OC(F)(F)Cl)cc1)c1cc(-c2ccn[nH]2)c2c(c1)nc1n2CC[C@H](O)C1. The molecule has 2 aromatic carbocycles. The molecule has 0 saturated carbocycles. The number of aromatic nitrogens is 4. The summed E-state index contributed by atoms with van der Waals surface area (Å²) in [6, 6.07) is 10.7. The van der Waals surface area contributed by atoms with E-state index >= 15 is 0 Å². The maximum atomic E-state index is 13.0. The molecule has 5 rings (SSSR count). The summed E-state index contributed by atoms with van der Waals surface area (Å²) in [7, 11) is 0. The second kappa shape index (κ2) is 8.13. The molecule has 0 radical (unpaired) electrons. The molecule has 2 aromatic heterocycles. The zero-order chi connectivity index (χ0) is 23.2. The van der Waals surface area contributed by atoms with Crippen molar-refractivity contribution in [3.8, 4) is 17.0 Å². The van der Waals surface area contributed by atoms with Gasteiger partial charge in [-0.2, -0.15) is 5.10 Å². The van der Waals surface area contributed by atoms with Crippen molar-refractivity contribution < 1.29 is 23.4 Å². The normalized spacial score (nSPS) is 15.9. The molecule has 0 bridgehead atoms. The van der Waals surface area contributed by atoms with Gasteiger partial charge in [0.25, 0.3) is 5.91 Å². The van der Waals surface area contributed by atoms with E-state index < -0.39 is 17.6 Å². The standard InChI is InChI=1S/C22H18ClF2N5O3/c23-22(24,25)33-15-3-1-13(2-4-15)27-21(32)12-9-16(17-5-7-26-29-17)20-18(10-12)28-19-11-14(31)6-8-30(19)20/h1-5,7,9-10,14,31H,6,8,11H2,(H,26,29)(H,27,32)/t14-/m0/s1. The molecule has 11 heteroatoms. The van der Waals surface area contributed by atoms with Crippen LogP contribution in [-0.4, -0.2) is 42.4 Å². The van der Waals surface area contributed by atoms with Crippen molar-refractivity contribution >= 4 is 34.2 Å². The molecule has 170 valence electrons. The molecule has 4 aromatic rings. The highest BCUT2D eigenvalue weighted by atomic mass is 35.5. The number of aliphatic hydroxyl groups is 1. The Bertz CT molecular complexity index is 1320. The van der Waals surface area contributed by atoms with Crippen LogP contribution in [0.2, 0.25) is 0 Å². The van der Waals surface area contributed by atoms with Crippen LogP contribution in [0.3, 0.4) is 0 Å². The van der Waals surface area contributed by atoms with Gasteiger partial charge in [-0.3, -0.25) is 9.89 Å². The third kappa shape index (κ3) is 4.39. The van der Waals surface area contributed by atoms with Crippen molar-refractivity contribution in [2.45, 2.75) is 31.1 Å². The summed E-state index contributed by atoms with van der Waals surface area (Å²) in [6.07, 6.45) is 2.24. The van der Waals surface area contributed by atoms with E-state index in [0.29, 0.717) is 36.2 Å². The molecule has 1 aliphatic rings. The number of hydrogen-bond donors (Lipinski definition) is 3. The Morgan fingerprint density at radius 1 is 1.27 bits per heavy atom. The number of aromatic amines is 1. The van der Waals surface area contributed by atoms with Crippen LogP contribution in [0, 0.1) is 0 Å². The number of anilines is 1. The molecule has 1 amide bonds. The summed E-state index contributed by atoms with van der Waals surface area (Å²) in [5, 5.41) is 19.7. The fourth-order valence-corrected chi connectivity index (χ4v) is 4.08. The van der Waals surface area contributed by atoms with E-state index in [2.05, 4.69) is 29.8 Å². The molecule has 0 aliphatic carbocycles. The quantitative estimate of drug-likeness (QED) is 0.378. The van der Waals surface area contributed by atoms with Gasteiger partial charge < -0.3 is 19.7 Å². The van der Waals surface area contributed by atoms with Crippen LogP contribution in [-0.2, 0) is 13.0 Å². The van der Waals surface area contributed by atoms with Gasteiger partial charge in [-0.1, -0.05) is 0 Å². The third-order valence-corrected chi connectivity index (χ3v) is 5.50. The highest BCUT2D eigenvalue weighted by Gasteiger charge is 2.27. The van der Waals surface area contributed by atoms with E-state index in [1.807, 2.05) is 0 Å². The predicted octanol–water partition coefficient (Wildman–Crippen LogP) is 4.15. The molecular weight excluding hydrogens is 456 g/mol. The molecule has 3 heterocycles. The summed E-state index contributed by atoms with van der Waals surface area (Å²) < 4.78 is 31.9. The number of nitrogens with zero attached hydrogens (tertiary/aromatic N) is 3. The lowest BCUT2D eigenvalue weighted by Gasteiger charge is -2.20. The zero-order valence-corrected chi connectivity index (χ0v) is 17.8. The smallest absolute Gasteiger partial charge is 0.420 e. The van der Waals surface area contributed by atoms with E-state index in [9.17, 15) is 18.7 Å². The van der Waals surface area contributed by atoms with Gasteiger partial charge in [-0.25, -0.2) is 4.98 Å². The first-order valence-electron chi connectivity index (χ1n) is 10.1. The second-order valence-corrected chi connectivity index (χ2v) is 8.15. The number of carbonyl (C=O) groups is 1. The summed E-state index contributed by atoms with van der Waals surface area (Å²) in [5.74, 6) is 0.218. The number of hydrogen-bond acceptors (Lipinski definition) is 5. The number of halogens is 3. The zero-order valence-electron chi connectivity index (χ0n) is 17.1. The predicted molar refractivity (Wildman–Crippen MR) is 117 cm³/mol. The van der Waals surface area contributed by atoms with Crippen LogP contribution in [0.5, 0.6) is 5.75 Å². The minimum atomic E-state index is -3.82. The molecule has 0 fully saturated rings. The average Bonchev–Trinajstić information content (AvgIpc) is 3.40. The van der Waals surface area contributed by atoms with Crippen molar-refractivity contribution in [2.75, 3.05) is 5.32 Å². The Morgan fingerprint density at radius 2 is 2.06 bits per heavy atom. The number of nitrogens with one attached hydrogen (secondary N) is 2. The lowest BCUT2D eigenvalue weighted by molar-refractivity contribution is -0.0964. The minimum absolute atomic E-state index is 0.137. The Balaban J connectivity index is 1.49. The number of benzene rings is 2. The van der Waals surface area contributed by atoms with Gasteiger partial charge in [-0.05, 0) is 48.9 Å². The topological polar surface area (TPSA) is 105 Å². The number of aryl methyl sites for hydroxylation is 1. The van der Waals surface area contributed by atoms with Gasteiger partial charge in [-0.15, -0.1) is 8.78 Å². The number of carbonyl (C=O) groups excluding carboxylic acids is 1. The maximum absolute atomic E-state index is 13.0. The maximum Gasteiger partial charge on any atom is 0.487 e. The first-order chi connectivity index (χ1) is 15.8. The van der Waals surface area contributed by atoms with Gasteiger partial charge in [0, 0.05) is 47.6 Å². The molecule has 1 atom stereocenters. The Hall–Kier alpha value is -3.50. The monoisotopic (exact) mass is 473 g/mol. The number of H-pyrrole nitrogens is 1. The Kier molecular flexibility index (Phi) is 5.26. The second-order valence-electron chi connectivity index (χ2n) is 7.71. The summed E-state index contributed by atoms with van der Waals surface area (Å²) in [5.41, 5.74) is -0.0874. The minimum Gasteiger partial charge on any atom is -0.420 e. The van der Waals surface area contributed by atoms with Crippen LogP contribution < -0.4 is 10.1 Å². The van der Waals surface area contributed by atoms with Gasteiger partial charge in [0.1, 0.15) is 11.6 Å². The van der Waals surface area contributed by atoms with Crippen LogP contribution in [0.25, 0.3) is 22.3 Å². The van der Waals surface area contributed by atoms with E-state index in [1.54, 1.807) is 24.4 Å². The molecule has 8 nitrogen and oxygen atoms in total. The van der Waals surface area contributed by atoms with Crippen molar-refractivity contribution in [3.05, 3.63) is 60.0 Å². The van der Waals surface area contributed by atoms with Crippen LogP contribution in [0.15, 0.2) is 48.7 Å². The molecule has 0 saturated heterocycles. The lowest BCUT2D eigenvalue weighted by atomic mass is 10.0. The van der Waals surface area contributed by atoms with Crippen LogP contribution >= 0.6 is 11.6 Å². The largest absolute Gasteiger partial charge is 0.487 e. The summed E-state index contributed by atoms with van der Waals surface area (Å²) >= 11 is 4.77. The van der Waals surface area contributed by atoms with Gasteiger partial charge in [0.2, 0.25) is 0 Å². The van der Waals surface area contributed by atoms with E-state index in [4.69, 9.17) is 11.6 Å². The first kappa shape index (κ1) is 21.4. The number of imidazole rings is 1. The number of rotatable bonds is 5. The lowest BCUT2D eigenvalue weighted by Crippen LogP contribution is -2.23. The highest BCUT2D eigenvalue weighted by Crippen LogP contribution is 2.33. The molecule has 1 aliphatic heterocycles. The molecule has 0 unspecified atom stereocenters. The fraction of sp³-hybridized carbons (Fsp3) is 0.227. The molecule has 0 spiro atoms. The van der Waals surface area contributed by atoms with Crippen molar-refractivity contribution in [1.82, 2.24) is 19.7 Å². The van der Waals surface area contributed by atoms with Crippen molar-refractivity contribution in [3.63, 3.8) is 0 Å². The summed E-state index contributed by atoms with van der Waals surface area (Å²) in [6.45, 7) is 0.620. The van der Waals surface area contributed by atoms with E-state index in [0.717, 1.165) is 22.6 Å². The van der Waals surface area contributed by atoms with Crippen molar-refractivity contribution in [1.29, 1.82) is 0 Å². The number of fused-ring (bicyclic) bond motifs is 3. The molecule has 33 heavy (non-hydrogen) atoms. The van der Waals surface area contributed by atoms with Crippen molar-refractivity contribution in [2.24, 2.45) is 0 Å². The fourth-order valence-electron chi connectivity index (χ4n) is 3.99. The van der Waals surface area contributed by atoms with E-state index in [-0.39, 0.29) is 5.75 Å².